The second-order valence-electron chi connectivity index (χ2n) is 2.57. The van der Waals surface area contributed by atoms with E-state index in [0.29, 0.717) is 0 Å². The van der Waals surface area contributed by atoms with Crippen LogP contribution in [0.4, 0.5) is 9.41 Å². The number of rotatable bonds is 5. The summed E-state index contributed by atoms with van der Waals surface area (Å²) in [4.78, 5) is 34.8. The Bertz CT molecular complexity index is 272. The van der Waals surface area contributed by atoms with Gasteiger partial charge in [-0.2, -0.15) is 5.90 Å². The second kappa shape index (κ2) is 7.48. The molecule has 0 aromatic rings. The maximum absolute atomic E-state index is 10.5. The Morgan fingerprint density at radius 1 is 1.12 bits per heavy atom. The summed E-state index contributed by atoms with van der Waals surface area (Å²) >= 11 is 0. The summed E-state index contributed by atoms with van der Waals surface area (Å²) in [5.41, 5.74) is -2.69. The number of hydrogen-bond donors (Lipinski definition) is 4. The lowest BCUT2D eigenvalue weighted by atomic mass is 9.96. The zero-order valence-corrected chi connectivity index (χ0v) is 7.78. The molecule has 96 valence electrons. The maximum atomic E-state index is 10.5. The standard InChI is InChI=1S/C6H9NO7.2FH/c7-14-4(10)2-6(13,5(11)12)1-3(8)9;;/h13H,1-2,7H2,(H,8,9)(H,11,12);2*1H. The molecule has 0 saturated carbocycles. The summed E-state index contributed by atoms with van der Waals surface area (Å²) in [6, 6.07) is 0. The Balaban J connectivity index is -0.000000845. The molecule has 0 aromatic carbocycles. The molecular formula is C6H11F2NO7. The minimum absolute atomic E-state index is 0. The van der Waals surface area contributed by atoms with Crippen molar-refractivity contribution in [3.8, 4) is 0 Å². The molecule has 0 aliphatic rings. The van der Waals surface area contributed by atoms with Gasteiger partial charge in [-0.25, -0.2) is 4.79 Å². The average Bonchev–Trinajstić information content (AvgIpc) is 2.02. The highest BCUT2D eigenvalue weighted by Crippen LogP contribution is 2.16. The number of aliphatic carboxylic acids is 2. The summed E-state index contributed by atoms with van der Waals surface area (Å²) in [6.07, 6.45) is -2.14. The van der Waals surface area contributed by atoms with Gasteiger partial charge in [0.05, 0.1) is 12.8 Å². The van der Waals surface area contributed by atoms with Gasteiger partial charge in [0.15, 0.2) is 5.60 Å². The summed E-state index contributed by atoms with van der Waals surface area (Å²) in [5, 5.41) is 26.0. The molecule has 0 radical (unpaired) electrons. The highest BCUT2D eigenvalue weighted by atomic mass is 19.0. The van der Waals surface area contributed by atoms with Gasteiger partial charge in [-0.1, -0.05) is 0 Å². The molecule has 0 heterocycles. The summed E-state index contributed by atoms with van der Waals surface area (Å²) < 4.78 is 0. The van der Waals surface area contributed by atoms with Crippen molar-refractivity contribution in [1.29, 1.82) is 0 Å². The van der Waals surface area contributed by atoms with E-state index >= 15 is 0 Å². The van der Waals surface area contributed by atoms with Crippen LogP contribution in [0.2, 0.25) is 0 Å². The van der Waals surface area contributed by atoms with Gasteiger partial charge in [0.1, 0.15) is 0 Å². The number of aliphatic hydroxyl groups is 1. The van der Waals surface area contributed by atoms with Crippen LogP contribution >= 0.6 is 0 Å². The maximum Gasteiger partial charge on any atom is 0.336 e. The molecule has 1 unspecified atom stereocenters. The van der Waals surface area contributed by atoms with E-state index in [2.05, 4.69) is 10.7 Å². The highest BCUT2D eigenvalue weighted by molar-refractivity contribution is 5.88. The fraction of sp³-hybridized carbons (Fsp3) is 0.500. The van der Waals surface area contributed by atoms with Crippen LogP contribution in [0.1, 0.15) is 12.8 Å². The molecule has 0 bridgehead atoms. The van der Waals surface area contributed by atoms with Crippen LogP contribution < -0.4 is 5.90 Å². The number of hydrogen-bond acceptors (Lipinski definition) is 6. The van der Waals surface area contributed by atoms with Crippen LogP contribution in [0.15, 0.2) is 0 Å². The second-order valence-corrected chi connectivity index (χ2v) is 2.57. The fourth-order valence-electron chi connectivity index (χ4n) is 0.744. The normalized spacial score (nSPS) is 12.4. The Kier molecular flexibility index (Phi) is 9.21. The lowest BCUT2D eigenvalue weighted by molar-refractivity contribution is -0.172. The minimum atomic E-state index is -2.69. The largest absolute Gasteiger partial charge is 0.481 e. The van der Waals surface area contributed by atoms with Crippen LogP contribution in [0.25, 0.3) is 0 Å². The molecule has 8 nitrogen and oxygen atoms in total. The monoisotopic (exact) mass is 247 g/mol. The van der Waals surface area contributed by atoms with E-state index in [1.54, 1.807) is 0 Å². The number of halogens is 2. The molecule has 16 heavy (non-hydrogen) atoms. The minimum Gasteiger partial charge on any atom is -0.481 e. The zero-order chi connectivity index (χ0) is 11.4. The summed E-state index contributed by atoms with van der Waals surface area (Å²) in [7, 11) is 0. The lowest BCUT2D eigenvalue weighted by Gasteiger charge is -2.19. The third-order valence-electron chi connectivity index (χ3n) is 1.41. The van der Waals surface area contributed by atoms with Gasteiger partial charge in [0.2, 0.25) is 0 Å². The number of carboxylic acids is 2. The van der Waals surface area contributed by atoms with Crippen LogP contribution in [0.5, 0.6) is 0 Å². The molecule has 10 heteroatoms. The van der Waals surface area contributed by atoms with E-state index in [1.165, 1.54) is 0 Å². The molecule has 0 aromatic heterocycles. The highest BCUT2D eigenvalue weighted by Gasteiger charge is 2.41. The molecular weight excluding hydrogens is 236 g/mol. The van der Waals surface area contributed by atoms with E-state index in [1.807, 2.05) is 0 Å². The number of carboxylic acid groups (broad SMARTS) is 2. The van der Waals surface area contributed by atoms with Crippen molar-refractivity contribution in [3.63, 3.8) is 0 Å². The predicted molar refractivity (Wildman–Crippen MR) is 44.7 cm³/mol. The molecule has 0 aliphatic heterocycles. The molecule has 0 spiro atoms. The Morgan fingerprint density at radius 3 is 1.81 bits per heavy atom. The molecule has 0 rings (SSSR count). The SMILES string of the molecule is F.F.NOC(=O)CC(O)(CC(=O)O)C(=O)O. The van der Waals surface area contributed by atoms with E-state index in [-0.39, 0.29) is 9.41 Å². The molecule has 0 saturated heterocycles. The number of nitrogens with two attached hydrogens (primary N) is 1. The summed E-state index contributed by atoms with van der Waals surface area (Å²) in [6.45, 7) is 0. The van der Waals surface area contributed by atoms with Gasteiger partial charge in [-0.15, -0.1) is 0 Å². The quantitative estimate of drug-likeness (QED) is 0.424. The van der Waals surface area contributed by atoms with Gasteiger partial charge in [0, 0.05) is 0 Å². The van der Waals surface area contributed by atoms with E-state index in [4.69, 9.17) is 10.2 Å². The van der Waals surface area contributed by atoms with Crippen LogP contribution in [-0.2, 0) is 19.2 Å². The van der Waals surface area contributed by atoms with Crippen LogP contribution in [0.3, 0.4) is 0 Å². The van der Waals surface area contributed by atoms with Crippen molar-refractivity contribution in [1.82, 2.24) is 0 Å². The average molecular weight is 247 g/mol. The van der Waals surface area contributed by atoms with Crippen molar-refractivity contribution in [3.05, 3.63) is 0 Å². The van der Waals surface area contributed by atoms with Gasteiger partial charge >= 0.3 is 17.9 Å². The van der Waals surface area contributed by atoms with Crippen molar-refractivity contribution < 1.29 is 43.9 Å². The fourth-order valence-corrected chi connectivity index (χ4v) is 0.744. The third kappa shape index (κ3) is 5.82. The molecule has 1 atom stereocenters. The van der Waals surface area contributed by atoms with Crippen LogP contribution in [0, 0.1) is 0 Å². The van der Waals surface area contributed by atoms with E-state index in [0.717, 1.165) is 0 Å². The first-order valence-electron chi connectivity index (χ1n) is 3.39. The van der Waals surface area contributed by atoms with Crippen molar-refractivity contribution in [2.45, 2.75) is 18.4 Å². The van der Waals surface area contributed by atoms with E-state index < -0.39 is 36.4 Å². The lowest BCUT2D eigenvalue weighted by Crippen LogP contribution is -2.43. The molecule has 0 aliphatic carbocycles. The first-order valence-corrected chi connectivity index (χ1v) is 3.39. The van der Waals surface area contributed by atoms with Gasteiger partial charge in [-0.05, 0) is 0 Å². The topological polar surface area (TPSA) is 147 Å². The van der Waals surface area contributed by atoms with Crippen molar-refractivity contribution in [2.24, 2.45) is 5.90 Å². The Morgan fingerprint density at radius 2 is 1.56 bits per heavy atom. The predicted octanol–water partition coefficient (Wildman–Crippen LogP) is -1.61. The van der Waals surface area contributed by atoms with Gasteiger partial charge in [-0.3, -0.25) is 19.0 Å². The molecule has 0 fully saturated rings. The Labute approximate surface area is 87.3 Å². The number of carbonyl (C=O) groups is 3. The summed E-state index contributed by atoms with van der Waals surface area (Å²) in [5.74, 6) is -0.187. The first-order chi connectivity index (χ1) is 6.31. The molecule has 0 amide bonds. The first kappa shape index (κ1) is 19.7. The van der Waals surface area contributed by atoms with Crippen molar-refractivity contribution in [2.75, 3.05) is 0 Å². The molecule has 5 N–H and O–H groups in total. The third-order valence-corrected chi connectivity index (χ3v) is 1.41. The van der Waals surface area contributed by atoms with E-state index in [9.17, 15) is 19.5 Å². The smallest absolute Gasteiger partial charge is 0.336 e. The van der Waals surface area contributed by atoms with Crippen molar-refractivity contribution >= 4 is 17.9 Å². The van der Waals surface area contributed by atoms with Gasteiger partial charge in [0.25, 0.3) is 0 Å². The Hall–Kier alpha value is -1.81. The van der Waals surface area contributed by atoms with Gasteiger partial charge < -0.3 is 20.2 Å². The number of carbonyl (C=O) groups excluding carboxylic acids is 1. The zero-order valence-electron chi connectivity index (χ0n) is 7.78. The van der Waals surface area contributed by atoms with Crippen LogP contribution in [-0.4, -0.2) is 38.8 Å².